The number of amides is 2. The molecule has 0 fully saturated rings. The van der Waals surface area contributed by atoms with Crippen LogP contribution in [0, 0.1) is 0 Å². The highest BCUT2D eigenvalue weighted by atomic mass is 16.2. The summed E-state index contributed by atoms with van der Waals surface area (Å²) < 4.78 is 0. The van der Waals surface area contributed by atoms with E-state index in [0.29, 0.717) is 13.1 Å². The fourth-order valence-electron chi connectivity index (χ4n) is 1.35. The van der Waals surface area contributed by atoms with E-state index in [4.69, 9.17) is 5.73 Å². The summed E-state index contributed by atoms with van der Waals surface area (Å²) in [6.45, 7) is 2.21. The van der Waals surface area contributed by atoms with E-state index in [2.05, 4.69) is 10.6 Å². The fraction of sp³-hybridized carbons (Fsp3) is 0.333. The molecule has 0 bridgehead atoms. The van der Waals surface area contributed by atoms with Gasteiger partial charge in [0.15, 0.2) is 0 Å². The maximum absolute atomic E-state index is 11.6. The van der Waals surface area contributed by atoms with E-state index < -0.39 is 6.04 Å². The zero-order valence-corrected chi connectivity index (χ0v) is 9.77. The van der Waals surface area contributed by atoms with E-state index in [0.717, 1.165) is 5.56 Å². The molecular formula is C12H17N3O2. The highest BCUT2D eigenvalue weighted by Crippen LogP contribution is 2.08. The average Bonchev–Trinajstić information content (AvgIpc) is 2.34. The van der Waals surface area contributed by atoms with E-state index >= 15 is 0 Å². The molecule has 1 rings (SSSR count). The van der Waals surface area contributed by atoms with Crippen molar-refractivity contribution in [3.05, 3.63) is 35.9 Å². The molecule has 0 aliphatic heterocycles. The third-order valence-electron chi connectivity index (χ3n) is 2.24. The van der Waals surface area contributed by atoms with E-state index in [-0.39, 0.29) is 11.8 Å². The number of nitrogens with one attached hydrogen (secondary N) is 2. The zero-order valence-electron chi connectivity index (χ0n) is 9.77. The Morgan fingerprint density at radius 1 is 1.18 bits per heavy atom. The largest absolute Gasteiger partial charge is 0.355 e. The second kappa shape index (κ2) is 6.65. The minimum absolute atomic E-state index is 0.119. The minimum atomic E-state index is -0.673. The van der Waals surface area contributed by atoms with Crippen LogP contribution < -0.4 is 16.4 Å². The zero-order chi connectivity index (χ0) is 12.7. The topological polar surface area (TPSA) is 84.2 Å². The number of nitrogens with two attached hydrogens (primary N) is 1. The van der Waals surface area contributed by atoms with Crippen molar-refractivity contribution in [2.75, 3.05) is 13.1 Å². The molecule has 92 valence electrons. The van der Waals surface area contributed by atoms with Crippen LogP contribution in [0.5, 0.6) is 0 Å². The van der Waals surface area contributed by atoms with Crippen molar-refractivity contribution in [1.82, 2.24) is 10.6 Å². The van der Waals surface area contributed by atoms with Crippen LogP contribution in [0.3, 0.4) is 0 Å². The monoisotopic (exact) mass is 235 g/mol. The number of carbonyl (C=O) groups is 2. The van der Waals surface area contributed by atoms with E-state index in [1.54, 1.807) is 12.1 Å². The third-order valence-corrected chi connectivity index (χ3v) is 2.24. The first-order valence-corrected chi connectivity index (χ1v) is 5.44. The highest BCUT2D eigenvalue weighted by molar-refractivity contribution is 5.82. The van der Waals surface area contributed by atoms with Gasteiger partial charge in [0.05, 0.1) is 0 Å². The van der Waals surface area contributed by atoms with Crippen LogP contribution >= 0.6 is 0 Å². The van der Waals surface area contributed by atoms with Crippen LogP contribution in [-0.4, -0.2) is 24.9 Å². The van der Waals surface area contributed by atoms with Gasteiger partial charge in [0.1, 0.15) is 6.04 Å². The lowest BCUT2D eigenvalue weighted by Gasteiger charge is -2.12. The summed E-state index contributed by atoms with van der Waals surface area (Å²) in [6.07, 6.45) is 0. The second-order valence-corrected chi connectivity index (χ2v) is 3.66. The first kappa shape index (κ1) is 13.2. The van der Waals surface area contributed by atoms with Crippen molar-refractivity contribution in [2.24, 2.45) is 5.73 Å². The Hall–Kier alpha value is -1.88. The van der Waals surface area contributed by atoms with Gasteiger partial charge >= 0.3 is 0 Å². The van der Waals surface area contributed by atoms with E-state index in [1.807, 2.05) is 18.2 Å². The molecule has 17 heavy (non-hydrogen) atoms. The van der Waals surface area contributed by atoms with Crippen molar-refractivity contribution in [1.29, 1.82) is 0 Å². The molecule has 0 saturated carbocycles. The van der Waals surface area contributed by atoms with Gasteiger partial charge in [0.25, 0.3) is 0 Å². The van der Waals surface area contributed by atoms with Gasteiger partial charge in [-0.2, -0.15) is 0 Å². The summed E-state index contributed by atoms with van der Waals surface area (Å²) in [6, 6.07) is 8.47. The van der Waals surface area contributed by atoms with Crippen molar-refractivity contribution in [3.8, 4) is 0 Å². The normalized spacial score (nSPS) is 11.6. The van der Waals surface area contributed by atoms with Gasteiger partial charge in [-0.15, -0.1) is 0 Å². The lowest BCUT2D eigenvalue weighted by molar-refractivity contribution is -0.123. The molecule has 1 aromatic rings. The molecule has 1 atom stereocenters. The first-order chi connectivity index (χ1) is 8.11. The summed E-state index contributed by atoms with van der Waals surface area (Å²) in [5, 5.41) is 5.24. The summed E-state index contributed by atoms with van der Waals surface area (Å²) in [7, 11) is 0. The van der Waals surface area contributed by atoms with Crippen LogP contribution in [0.2, 0.25) is 0 Å². The van der Waals surface area contributed by atoms with Crippen LogP contribution in [-0.2, 0) is 9.59 Å². The number of rotatable bonds is 5. The quantitative estimate of drug-likeness (QED) is 0.625. The Morgan fingerprint density at radius 3 is 2.35 bits per heavy atom. The van der Waals surface area contributed by atoms with Gasteiger partial charge in [-0.3, -0.25) is 9.59 Å². The second-order valence-electron chi connectivity index (χ2n) is 3.66. The Labute approximate surface area is 100 Å². The fourth-order valence-corrected chi connectivity index (χ4v) is 1.35. The molecule has 0 aliphatic rings. The van der Waals surface area contributed by atoms with Gasteiger partial charge in [0.2, 0.25) is 11.8 Å². The van der Waals surface area contributed by atoms with Gasteiger partial charge in [-0.05, 0) is 5.56 Å². The Balaban J connectivity index is 2.35. The predicted molar refractivity (Wildman–Crippen MR) is 65.1 cm³/mol. The molecule has 4 N–H and O–H groups in total. The molecule has 1 unspecified atom stereocenters. The molecule has 0 saturated heterocycles. The number of benzene rings is 1. The third kappa shape index (κ3) is 4.65. The highest BCUT2D eigenvalue weighted by Gasteiger charge is 2.14. The molecule has 2 amide bonds. The van der Waals surface area contributed by atoms with E-state index in [1.165, 1.54) is 6.92 Å². The van der Waals surface area contributed by atoms with Crippen LogP contribution in [0.25, 0.3) is 0 Å². The first-order valence-electron chi connectivity index (χ1n) is 5.44. The average molecular weight is 235 g/mol. The Morgan fingerprint density at radius 2 is 1.76 bits per heavy atom. The van der Waals surface area contributed by atoms with E-state index in [9.17, 15) is 9.59 Å². The predicted octanol–water partition coefficient (Wildman–Crippen LogP) is -0.0613. The summed E-state index contributed by atoms with van der Waals surface area (Å²) in [4.78, 5) is 22.2. The lowest BCUT2D eigenvalue weighted by Crippen LogP contribution is -2.38. The molecule has 5 nitrogen and oxygen atoms in total. The smallest absolute Gasteiger partial charge is 0.241 e. The lowest BCUT2D eigenvalue weighted by atomic mass is 10.1. The maximum Gasteiger partial charge on any atom is 0.241 e. The van der Waals surface area contributed by atoms with Crippen molar-refractivity contribution < 1.29 is 9.59 Å². The number of hydrogen-bond acceptors (Lipinski definition) is 3. The summed E-state index contributed by atoms with van der Waals surface area (Å²) in [5.74, 6) is -0.367. The standard InChI is InChI=1S/C12H17N3O2/c1-9(16)14-7-8-15-12(17)11(13)10-5-3-2-4-6-10/h2-6,11H,7-8,13H2,1H3,(H,14,16)(H,15,17). The van der Waals surface area contributed by atoms with Gasteiger partial charge in [-0.25, -0.2) is 0 Å². The molecule has 5 heteroatoms. The van der Waals surface area contributed by atoms with Crippen LogP contribution in [0.15, 0.2) is 30.3 Å². The van der Waals surface area contributed by atoms with Crippen LogP contribution in [0.4, 0.5) is 0 Å². The minimum Gasteiger partial charge on any atom is -0.355 e. The Bertz CT molecular complexity index is 379. The summed E-state index contributed by atoms with van der Waals surface area (Å²) >= 11 is 0. The molecule has 1 aromatic carbocycles. The Kier molecular flexibility index (Phi) is 5.16. The van der Waals surface area contributed by atoms with Gasteiger partial charge in [0, 0.05) is 20.0 Å². The maximum atomic E-state index is 11.6. The van der Waals surface area contributed by atoms with Crippen LogP contribution in [0.1, 0.15) is 18.5 Å². The van der Waals surface area contributed by atoms with Gasteiger partial charge < -0.3 is 16.4 Å². The summed E-state index contributed by atoms with van der Waals surface area (Å²) in [5.41, 5.74) is 6.55. The molecule has 0 heterocycles. The van der Waals surface area contributed by atoms with Crippen molar-refractivity contribution >= 4 is 11.8 Å². The van der Waals surface area contributed by atoms with Crippen molar-refractivity contribution in [2.45, 2.75) is 13.0 Å². The molecule has 0 aliphatic carbocycles. The molecule has 0 spiro atoms. The molecular weight excluding hydrogens is 218 g/mol. The van der Waals surface area contributed by atoms with Crippen molar-refractivity contribution in [3.63, 3.8) is 0 Å². The SMILES string of the molecule is CC(=O)NCCNC(=O)C(N)c1ccccc1. The molecule has 0 radical (unpaired) electrons. The number of hydrogen-bond donors (Lipinski definition) is 3. The van der Waals surface area contributed by atoms with Gasteiger partial charge in [-0.1, -0.05) is 30.3 Å². The molecule has 0 aromatic heterocycles. The number of carbonyl (C=O) groups excluding carboxylic acids is 2.